The highest BCUT2D eigenvalue weighted by molar-refractivity contribution is 7.22. The van der Waals surface area contributed by atoms with Crippen LogP contribution in [-0.2, 0) is 9.59 Å². The number of benzene rings is 1. The number of hydrogen-bond donors (Lipinski definition) is 3. The van der Waals surface area contributed by atoms with Gasteiger partial charge in [0.15, 0.2) is 5.13 Å². The number of para-hydroxylation sites is 1. The first-order valence-electron chi connectivity index (χ1n) is 7.61. The molecule has 0 saturated heterocycles. The molecule has 1 atom stereocenters. The van der Waals surface area contributed by atoms with Crippen LogP contribution in [0, 0.1) is 5.92 Å². The molecular formula is C16H22N4O2S. The molecule has 1 heterocycles. The van der Waals surface area contributed by atoms with E-state index in [9.17, 15) is 9.59 Å². The van der Waals surface area contributed by atoms with Crippen molar-refractivity contribution in [1.29, 1.82) is 0 Å². The summed E-state index contributed by atoms with van der Waals surface area (Å²) in [6.07, 6.45) is 0. The lowest BCUT2D eigenvalue weighted by molar-refractivity contribution is -0.129. The molecule has 0 bridgehead atoms. The maximum absolute atomic E-state index is 12.1. The van der Waals surface area contributed by atoms with Gasteiger partial charge >= 0.3 is 0 Å². The molecular weight excluding hydrogens is 312 g/mol. The summed E-state index contributed by atoms with van der Waals surface area (Å²) in [6, 6.07) is 7.44. The SMILES string of the molecule is CC(=O)NC(C(=O)NCCNc1nc2ccccc2s1)C(C)C. The molecule has 23 heavy (non-hydrogen) atoms. The van der Waals surface area contributed by atoms with Crippen molar-refractivity contribution in [1.82, 2.24) is 15.6 Å². The fourth-order valence-electron chi connectivity index (χ4n) is 2.17. The van der Waals surface area contributed by atoms with Crippen molar-refractivity contribution in [2.45, 2.75) is 26.8 Å². The minimum atomic E-state index is -0.505. The van der Waals surface area contributed by atoms with E-state index in [1.165, 1.54) is 6.92 Å². The van der Waals surface area contributed by atoms with Crippen LogP contribution in [-0.4, -0.2) is 35.9 Å². The molecule has 0 fully saturated rings. The molecule has 0 radical (unpaired) electrons. The summed E-state index contributed by atoms with van der Waals surface area (Å²) < 4.78 is 1.13. The van der Waals surface area contributed by atoms with Crippen LogP contribution in [0.2, 0.25) is 0 Å². The number of carbonyl (C=O) groups is 2. The number of rotatable bonds is 7. The van der Waals surface area contributed by atoms with Gasteiger partial charge in [-0.1, -0.05) is 37.3 Å². The summed E-state index contributed by atoms with van der Waals surface area (Å²) in [6.45, 7) is 6.27. The maximum Gasteiger partial charge on any atom is 0.242 e. The van der Waals surface area contributed by atoms with Crippen LogP contribution < -0.4 is 16.0 Å². The summed E-state index contributed by atoms with van der Waals surface area (Å²) in [7, 11) is 0. The molecule has 1 aromatic carbocycles. The Kier molecular flexibility index (Phi) is 5.92. The number of amides is 2. The molecule has 2 rings (SSSR count). The molecule has 7 heteroatoms. The smallest absolute Gasteiger partial charge is 0.242 e. The first kappa shape index (κ1) is 17.2. The van der Waals surface area contributed by atoms with Gasteiger partial charge in [-0.15, -0.1) is 0 Å². The van der Waals surface area contributed by atoms with Crippen LogP contribution in [0.15, 0.2) is 24.3 Å². The topological polar surface area (TPSA) is 83.1 Å². The monoisotopic (exact) mass is 334 g/mol. The summed E-state index contributed by atoms with van der Waals surface area (Å²) in [4.78, 5) is 27.7. The Balaban J connectivity index is 1.79. The summed E-state index contributed by atoms with van der Waals surface area (Å²) in [5, 5.41) is 9.55. The Morgan fingerprint density at radius 1 is 1.22 bits per heavy atom. The van der Waals surface area contributed by atoms with Crippen LogP contribution in [0.25, 0.3) is 10.2 Å². The van der Waals surface area contributed by atoms with Crippen molar-refractivity contribution < 1.29 is 9.59 Å². The fourth-order valence-corrected chi connectivity index (χ4v) is 3.06. The quantitative estimate of drug-likeness (QED) is 0.676. The molecule has 2 amide bonds. The third kappa shape index (κ3) is 4.92. The highest BCUT2D eigenvalue weighted by atomic mass is 32.1. The van der Waals surface area contributed by atoms with Gasteiger partial charge in [-0.25, -0.2) is 4.98 Å². The van der Waals surface area contributed by atoms with E-state index in [4.69, 9.17) is 0 Å². The van der Waals surface area contributed by atoms with Crippen LogP contribution in [0.5, 0.6) is 0 Å². The van der Waals surface area contributed by atoms with E-state index >= 15 is 0 Å². The van der Waals surface area contributed by atoms with Crippen molar-refractivity contribution in [3.05, 3.63) is 24.3 Å². The highest BCUT2D eigenvalue weighted by Crippen LogP contribution is 2.24. The largest absolute Gasteiger partial charge is 0.360 e. The van der Waals surface area contributed by atoms with Gasteiger partial charge in [-0.2, -0.15) is 0 Å². The van der Waals surface area contributed by atoms with E-state index in [0.29, 0.717) is 13.1 Å². The van der Waals surface area contributed by atoms with Crippen molar-refractivity contribution in [2.24, 2.45) is 5.92 Å². The zero-order valence-electron chi connectivity index (χ0n) is 13.6. The number of fused-ring (bicyclic) bond motifs is 1. The van der Waals surface area contributed by atoms with Crippen LogP contribution in [0.3, 0.4) is 0 Å². The molecule has 1 aromatic heterocycles. The normalized spacial score (nSPS) is 12.2. The zero-order chi connectivity index (χ0) is 16.8. The molecule has 0 saturated carbocycles. The maximum atomic E-state index is 12.1. The standard InChI is InChI=1S/C16H22N4O2S/c1-10(2)14(19-11(3)21)15(22)17-8-9-18-16-20-12-6-4-5-7-13(12)23-16/h4-7,10,14H,8-9H2,1-3H3,(H,17,22)(H,18,20)(H,19,21). The number of nitrogens with one attached hydrogen (secondary N) is 3. The number of hydrogen-bond acceptors (Lipinski definition) is 5. The number of thiazole rings is 1. The van der Waals surface area contributed by atoms with Crippen LogP contribution in [0.4, 0.5) is 5.13 Å². The summed E-state index contributed by atoms with van der Waals surface area (Å²) in [5.41, 5.74) is 0.967. The average Bonchev–Trinajstić information content (AvgIpc) is 2.91. The fraction of sp³-hybridized carbons (Fsp3) is 0.438. The molecule has 2 aromatic rings. The van der Waals surface area contributed by atoms with Gasteiger partial charge in [-0.3, -0.25) is 9.59 Å². The van der Waals surface area contributed by atoms with Gasteiger partial charge < -0.3 is 16.0 Å². The molecule has 1 unspecified atom stereocenters. The van der Waals surface area contributed by atoms with Gasteiger partial charge in [0, 0.05) is 20.0 Å². The number of nitrogens with zero attached hydrogens (tertiary/aromatic N) is 1. The first-order chi connectivity index (χ1) is 11.0. The second-order valence-corrected chi connectivity index (χ2v) is 6.66. The Bertz CT molecular complexity index is 651. The number of aromatic nitrogens is 1. The Hall–Kier alpha value is -2.15. The number of anilines is 1. The van der Waals surface area contributed by atoms with E-state index in [2.05, 4.69) is 20.9 Å². The van der Waals surface area contributed by atoms with E-state index in [1.807, 2.05) is 38.1 Å². The van der Waals surface area contributed by atoms with Crippen LogP contribution in [0.1, 0.15) is 20.8 Å². The van der Waals surface area contributed by atoms with Gasteiger partial charge in [-0.05, 0) is 18.1 Å². The van der Waals surface area contributed by atoms with Gasteiger partial charge in [0.25, 0.3) is 0 Å². The van der Waals surface area contributed by atoms with E-state index in [-0.39, 0.29) is 17.7 Å². The predicted octanol–water partition coefficient (Wildman–Crippen LogP) is 1.99. The summed E-state index contributed by atoms with van der Waals surface area (Å²) >= 11 is 1.58. The second kappa shape index (κ2) is 7.92. The molecule has 6 nitrogen and oxygen atoms in total. The molecule has 0 aliphatic rings. The van der Waals surface area contributed by atoms with Crippen molar-refractivity contribution >= 4 is 38.5 Å². The second-order valence-electron chi connectivity index (χ2n) is 5.63. The van der Waals surface area contributed by atoms with Crippen molar-refractivity contribution in [2.75, 3.05) is 18.4 Å². The summed E-state index contributed by atoms with van der Waals surface area (Å²) in [5.74, 6) is -0.330. The van der Waals surface area contributed by atoms with E-state index in [0.717, 1.165) is 15.3 Å². The third-order valence-corrected chi connectivity index (χ3v) is 4.30. The average molecular weight is 334 g/mol. The van der Waals surface area contributed by atoms with Gasteiger partial charge in [0.2, 0.25) is 11.8 Å². The molecule has 0 aliphatic heterocycles. The Labute approximate surface area is 139 Å². The van der Waals surface area contributed by atoms with Gasteiger partial charge in [0.1, 0.15) is 6.04 Å². The van der Waals surface area contributed by atoms with Crippen LogP contribution >= 0.6 is 11.3 Å². The van der Waals surface area contributed by atoms with Gasteiger partial charge in [0.05, 0.1) is 10.2 Å². The Morgan fingerprint density at radius 2 is 1.96 bits per heavy atom. The minimum absolute atomic E-state index is 0.0381. The lowest BCUT2D eigenvalue weighted by Gasteiger charge is -2.20. The first-order valence-corrected chi connectivity index (χ1v) is 8.43. The van der Waals surface area contributed by atoms with E-state index < -0.39 is 6.04 Å². The molecule has 3 N–H and O–H groups in total. The van der Waals surface area contributed by atoms with Crippen molar-refractivity contribution in [3.8, 4) is 0 Å². The molecule has 0 aliphatic carbocycles. The lowest BCUT2D eigenvalue weighted by Crippen LogP contribution is -2.49. The van der Waals surface area contributed by atoms with Crippen molar-refractivity contribution in [3.63, 3.8) is 0 Å². The number of carbonyl (C=O) groups excluding carboxylic acids is 2. The lowest BCUT2D eigenvalue weighted by atomic mass is 10.0. The highest BCUT2D eigenvalue weighted by Gasteiger charge is 2.22. The minimum Gasteiger partial charge on any atom is -0.360 e. The molecule has 124 valence electrons. The van der Waals surface area contributed by atoms with E-state index in [1.54, 1.807) is 11.3 Å². The third-order valence-electron chi connectivity index (χ3n) is 3.30. The zero-order valence-corrected chi connectivity index (χ0v) is 14.4. The predicted molar refractivity (Wildman–Crippen MR) is 93.6 cm³/mol. The Morgan fingerprint density at radius 3 is 2.61 bits per heavy atom. The molecule has 0 spiro atoms.